The molecule has 2 aromatic rings. The van der Waals surface area contributed by atoms with Crippen molar-refractivity contribution in [3.05, 3.63) is 40.4 Å². The largest absolute Gasteiger partial charge is 0.375 e. The lowest BCUT2D eigenvalue weighted by Gasteiger charge is -2.31. The van der Waals surface area contributed by atoms with Gasteiger partial charge in [0.1, 0.15) is 5.01 Å². The van der Waals surface area contributed by atoms with E-state index in [9.17, 15) is 0 Å². The van der Waals surface area contributed by atoms with Crippen LogP contribution in [0.5, 0.6) is 0 Å². The van der Waals surface area contributed by atoms with Gasteiger partial charge in [0, 0.05) is 34.7 Å². The SMILES string of the molecule is CC1CN(C(N)=NCc2cnc(-c3ccc(Cl)cc3)s2)CCO1.I. The lowest BCUT2D eigenvalue weighted by molar-refractivity contribution is 0.00529. The van der Waals surface area contributed by atoms with E-state index in [0.29, 0.717) is 19.1 Å². The van der Waals surface area contributed by atoms with Gasteiger partial charge in [-0.3, -0.25) is 0 Å². The molecule has 0 bridgehead atoms. The summed E-state index contributed by atoms with van der Waals surface area (Å²) < 4.78 is 5.51. The Balaban J connectivity index is 0.00000208. The molecule has 0 spiro atoms. The lowest BCUT2D eigenvalue weighted by atomic mass is 10.2. The van der Waals surface area contributed by atoms with Gasteiger partial charge in [-0.1, -0.05) is 23.7 Å². The van der Waals surface area contributed by atoms with Gasteiger partial charge in [0.2, 0.25) is 0 Å². The molecule has 24 heavy (non-hydrogen) atoms. The first-order chi connectivity index (χ1) is 11.1. The number of morpholine rings is 1. The number of benzene rings is 1. The summed E-state index contributed by atoms with van der Waals surface area (Å²) in [6, 6.07) is 7.68. The van der Waals surface area contributed by atoms with E-state index < -0.39 is 0 Å². The summed E-state index contributed by atoms with van der Waals surface area (Å²) in [5, 5.41) is 1.69. The number of rotatable bonds is 3. The highest BCUT2D eigenvalue weighted by molar-refractivity contribution is 14.0. The predicted molar refractivity (Wildman–Crippen MR) is 110 cm³/mol. The minimum absolute atomic E-state index is 0. The first kappa shape index (κ1) is 19.4. The van der Waals surface area contributed by atoms with Gasteiger partial charge in [-0.25, -0.2) is 9.98 Å². The molecule has 1 aromatic heterocycles. The first-order valence-electron chi connectivity index (χ1n) is 7.49. The number of nitrogens with two attached hydrogens (primary N) is 1. The Hall–Kier alpha value is -0.900. The molecule has 2 heterocycles. The van der Waals surface area contributed by atoms with Crippen LogP contribution in [0.4, 0.5) is 0 Å². The summed E-state index contributed by atoms with van der Waals surface area (Å²) in [5.41, 5.74) is 7.14. The number of hydrogen-bond donors (Lipinski definition) is 1. The van der Waals surface area contributed by atoms with Crippen LogP contribution in [-0.4, -0.2) is 41.6 Å². The van der Waals surface area contributed by atoms with Gasteiger partial charge in [-0.15, -0.1) is 35.3 Å². The van der Waals surface area contributed by atoms with Crippen LogP contribution in [0, 0.1) is 0 Å². The molecule has 0 radical (unpaired) electrons. The molecule has 0 aliphatic carbocycles. The number of hydrogen-bond acceptors (Lipinski definition) is 4. The normalized spacial score (nSPS) is 18.3. The fourth-order valence-corrected chi connectivity index (χ4v) is 3.36. The van der Waals surface area contributed by atoms with E-state index in [1.54, 1.807) is 11.3 Å². The maximum Gasteiger partial charge on any atom is 0.191 e. The van der Waals surface area contributed by atoms with Crippen molar-refractivity contribution >= 4 is 52.9 Å². The molecule has 0 amide bonds. The zero-order chi connectivity index (χ0) is 16.2. The van der Waals surface area contributed by atoms with Crippen molar-refractivity contribution in [2.24, 2.45) is 10.7 Å². The highest BCUT2D eigenvalue weighted by Crippen LogP contribution is 2.26. The Kier molecular flexibility index (Phi) is 7.27. The van der Waals surface area contributed by atoms with E-state index in [0.717, 1.165) is 33.6 Å². The van der Waals surface area contributed by atoms with Crippen LogP contribution < -0.4 is 5.73 Å². The maximum absolute atomic E-state index is 6.08. The Morgan fingerprint density at radius 2 is 2.21 bits per heavy atom. The van der Waals surface area contributed by atoms with Crippen LogP contribution in [0.15, 0.2) is 35.5 Å². The highest BCUT2D eigenvalue weighted by atomic mass is 127. The molecule has 130 valence electrons. The molecule has 1 aromatic carbocycles. The topological polar surface area (TPSA) is 63.7 Å². The molecule has 3 rings (SSSR count). The Labute approximate surface area is 167 Å². The van der Waals surface area contributed by atoms with E-state index in [2.05, 4.69) is 14.9 Å². The third-order valence-corrected chi connectivity index (χ3v) is 4.89. The van der Waals surface area contributed by atoms with Crippen LogP contribution in [0.1, 0.15) is 11.8 Å². The molecule has 1 aliphatic rings. The molecule has 5 nitrogen and oxygen atoms in total. The minimum atomic E-state index is 0. The van der Waals surface area contributed by atoms with Crippen molar-refractivity contribution < 1.29 is 4.74 Å². The lowest BCUT2D eigenvalue weighted by Crippen LogP contribution is -2.47. The fourth-order valence-electron chi connectivity index (χ4n) is 2.39. The second kappa shape index (κ2) is 8.98. The number of ether oxygens (including phenoxy) is 1. The second-order valence-electron chi connectivity index (χ2n) is 5.44. The molecular formula is C16H20ClIN4OS. The highest BCUT2D eigenvalue weighted by Gasteiger charge is 2.18. The van der Waals surface area contributed by atoms with Crippen LogP contribution in [-0.2, 0) is 11.3 Å². The summed E-state index contributed by atoms with van der Waals surface area (Å²) in [6.07, 6.45) is 2.05. The molecule has 2 N–H and O–H groups in total. The van der Waals surface area contributed by atoms with Crippen molar-refractivity contribution in [2.45, 2.75) is 19.6 Å². The zero-order valence-corrected chi connectivity index (χ0v) is 17.2. The Morgan fingerprint density at radius 3 is 2.92 bits per heavy atom. The monoisotopic (exact) mass is 478 g/mol. The average molecular weight is 479 g/mol. The summed E-state index contributed by atoms with van der Waals surface area (Å²) in [5.74, 6) is 0.571. The van der Waals surface area contributed by atoms with Crippen molar-refractivity contribution in [1.29, 1.82) is 0 Å². The van der Waals surface area contributed by atoms with Gasteiger partial charge in [0.15, 0.2) is 5.96 Å². The van der Waals surface area contributed by atoms with E-state index in [-0.39, 0.29) is 30.1 Å². The van der Waals surface area contributed by atoms with Crippen molar-refractivity contribution in [1.82, 2.24) is 9.88 Å². The van der Waals surface area contributed by atoms with E-state index in [4.69, 9.17) is 22.1 Å². The average Bonchev–Trinajstić information content (AvgIpc) is 3.02. The Morgan fingerprint density at radius 1 is 1.46 bits per heavy atom. The number of thiazole rings is 1. The number of aliphatic imine (C=N–C) groups is 1. The van der Waals surface area contributed by atoms with E-state index >= 15 is 0 Å². The number of aromatic nitrogens is 1. The third kappa shape index (κ3) is 5.05. The van der Waals surface area contributed by atoms with E-state index in [1.807, 2.05) is 37.4 Å². The van der Waals surface area contributed by atoms with Crippen LogP contribution in [0.3, 0.4) is 0 Å². The molecule has 1 aliphatic heterocycles. The van der Waals surface area contributed by atoms with Crippen LogP contribution in [0.2, 0.25) is 5.02 Å². The predicted octanol–water partition coefficient (Wildman–Crippen LogP) is 3.62. The van der Waals surface area contributed by atoms with Gasteiger partial charge in [-0.2, -0.15) is 0 Å². The van der Waals surface area contributed by atoms with Gasteiger partial charge in [0.05, 0.1) is 19.3 Å². The van der Waals surface area contributed by atoms with Gasteiger partial charge in [0.25, 0.3) is 0 Å². The van der Waals surface area contributed by atoms with Crippen LogP contribution >= 0.6 is 46.9 Å². The zero-order valence-electron chi connectivity index (χ0n) is 13.3. The summed E-state index contributed by atoms with van der Waals surface area (Å²) >= 11 is 7.53. The minimum Gasteiger partial charge on any atom is -0.375 e. The van der Waals surface area contributed by atoms with Gasteiger partial charge < -0.3 is 15.4 Å². The summed E-state index contributed by atoms with van der Waals surface area (Å²) in [6.45, 7) is 4.86. The number of nitrogens with zero attached hydrogens (tertiary/aromatic N) is 3. The van der Waals surface area contributed by atoms with Gasteiger partial charge >= 0.3 is 0 Å². The quantitative estimate of drug-likeness (QED) is 0.416. The first-order valence-corrected chi connectivity index (χ1v) is 8.68. The smallest absolute Gasteiger partial charge is 0.191 e. The molecule has 8 heteroatoms. The van der Waals surface area contributed by atoms with Crippen molar-refractivity contribution in [2.75, 3.05) is 19.7 Å². The maximum atomic E-state index is 6.08. The molecule has 1 fully saturated rings. The molecule has 1 unspecified atom stereocenters. The third-order valence-electron chi connectivity index (χ3n) is 3.61. The number of guanidine groups is 1. The van der Waals surface area contributed by atoms with Crippen LogP contribution in [0.25, 0.3) is 10.6 Å². The number of halogens is 2. The van der Waals surface area contributed by atoms with E-state index in [1.165, 1.54) is 0 Å². The molecule has 0 saturated carbocycles. The second-order valence-corrected chi connectivity index (χ2v) is 6.99. The molecule has 1 atom stereocenters. The van der Waals surface area contributed by atoms with Gasteiger partial charge in [-0.05, 0) is 19.1 Å². The van der Waals surface area contributed by atoms with Crippen molar-refractivity contribution in [3.8, 4) is 10.6 Å². The summed E-state index contributed by atoms with van der Waals surface area (Å²) in [4.78, 5) is 12.1. The fraction of sp³-hybridized carbons (Fsp3) is 0.375. The Bertz CT molecular complexity index is 692. The summed E-state index contributed by atoms with van der Waals surface area (Å²) in [7, 11) is 0. The molecule has 1 saturated heterocycles. The molecular weight excluding hydrogens is 459 g/mol. The van der Waals surface area contributed by atoms with Crippen molar-refractivity contribution in [3.63, 3.8) is 0 Å². The standard InChI is InChI=1S/C16H19ClN4OS.HI/c1-11-10-21(6-7-22-11)16(18)20-9-14-8-19-15(23-14)12-2-4-13(17)5-3-12;/h2-5,8,11H,6-7,9-10H2,1H3,(H2,18,20);1H.